The molecule has 0 spiro atoms. The van der Waals surface area contributed by atoms with E-state index in [0.29, 0.717) is 5.71 Å². The van der Waals surface area contributed by atoms with E-state index in [1.807, 2.05) is 6.92 Å². The van der Waals surface area contributed by atoms with E-state index in [-0.39, 0.29) is 12.1 Å². The molecule has 3 N–H and O–H groups in total. The van der Waals surface area contributed by atoms with Gasteiger partial charge in [0.25, 0.3) is 5.71 Å². The van der Waals surface area contributed by atoms with Crippen molar-refractivity contribution in [2.75, 3.05) is 5.32 Å². The van der Waals surface area contributed by atoms with Crippen molar-refractivity contribution in [3.05, 3.63) is 12.0 Å². The summed E-state index contributed by atoms with van der Waals surface area (Å²) < 4.78 is 5.13. The van der Waals surface area contributed by atoms with Gasteiger partial charge in [0.1, 0.15) is 17.5 Å². The molecule has 0 amide bonds. The van der Waals surface area contributed by atoms with Gasteiger partial charge in [0, 0.05) is 12.1 Å². The van der Waals surface area contributed by atoms with Crippen molar-refractivity contribution in [2.45, 2.75) is 44.7 Å². The lowest BCUT2D eigenvalue weighted by Gasteiger charge is -2.29. The minimum Gasteiger partial charge on any atom is -0.365 e. The third-order valence-corrected chi connectivity index (χ3v) is 3.58. The van der Waals surface area contributed by atoms with Crippen LogP contribution in [-0.4, -0.2) is 27.2 Å². The van der Waals surface area contributed by atoms with E-state index in [2.05, 4.69) is 20.4 Å². The Kier molecular flexibility index (Phi) is 2.87. The van der Waals surface area contributed by atoms with Gasteiger partial charge in [-0.3, -0.25) is 0 Å². The number of fused-ring (bicyclic) bond motifs is 1. The fourth-order valence-electron chi connectivity index (χ4n) is 2.55. The zero-order valence-electron chi connectivity index (χ0n) is 10.4. The molecule has 2 aromatic rings. The summed E-state index contributed by atoms with van der Waals surface area (Å²) in [6, 6.07) is 0.454. The standard InChI is InChI=1S/C12H17N5O/c1-7-10-11(14-6-15-12(10)18-17-7)16-9-5-3-2-4-8(9)13/h6,8-9H,2-5,13H2,1H3,(H,14,15,16). The van der Waals surface area contributed by atoms with Crippen LogP contribution in [0.25, 0.3) is 11.1 Å². The van der Waals surface area contributed by atoms with Gasteiger partial charge >= 0.3 is 0 Å². The number of hydrogen-bond acceptors (Lipinski definition) is 6. The molecule has 2 atom stereocenters. The number of aryl methyl sites for hydroxylation is 1. The van der Waals surface area contributed by atoms with Crippen molar-refractivity contribution >= 4 is 16.9 Å². The van der Waals surface area contributed by atoms with Gasteiger partial charge in [-0.05, 0) is 19.8 Å². The van der Waals surface area contributed by atoms with Crippen molar-refractivity contribution in [1.82, 2.24) is 15.1 Å². The molecule has 2 aromatic heterocycles. The molecule has 1 saturated carbocycles. The number of nitrogens with one attached hydrogen (secondary N) is 1. The van der Waals surface area contributed by atoms with E-state index in [4.69, 9.17) is 10.3 Å². The van der Waals surface area contributed by atoms with Crippen molar-refractivity contribution in [1.29, 1.82) is 0 Å². The third-order valence-electron chi connectivity index (χ3n) is 3.58. The first kappa shape index (κ1) is 11.4. The van der Waals surface area contributed by atoms with Crippen molar-refractivity contribution in [2.24, 2.45) is 5.73 Å². The largest absolute Gasteiger partial charge is 0.365 e. The molecule has 0 aromatic carbocycles. The maximum absolute atomic E-state index is 6.14. The third kappa shape index (κ3) is 1.92. The number of nitrogens with zero attached hydrogens (tertiary/aromatic N) is 3. The molecule has 0 radical (unpaired) electrons. The molecule has 1 fully saturated rings. The van der Waals surface area contributed by atoms with Crippen LogP contribution in [0, 0.1) is 6.92 Å². The lowest BCUT2D eigenvalue weighted by molar-refractivity contribution is 0.403. The second-order valence-corrected chi connectivity index (χ2v) is 4.87. The molecule has 0 saturated heterocycles. The zero-order valence-corrected chi connectivity index (χ0v) is 10.4. The molecule has 6 nitrogen and oxygen atoms in total. The Bertz CT molecular complexity index is 552. The fourth-order valence-corrected chi connectivity index (χ4v) is 2.55. The minimum absolute atomic E-state index is 0.184. The normalized spacial score (nSPS) is 24.3. The van der Waals surface area contributed by atoms with Crippen LogP contribution in [0.1, 0.15) is 31.4 Å². The molecular formula is C12H17N5O. The summed E-state index contributed by atoms with van der Waals surface area (Å²) in [7, 11) is 0. The Hall–Kier alpha value is -1.69. The van der Waals surface area contributed by atoms with Crippen LogP contribution >= 0.6 is 0 Å². The molecular weight excluding hydrogens is 230 g/mol. The number of rotatable bonds is 2. The molecule has 0 bridgehead atoms. The number of hydrogen-bond donors (Lipinski definition) is 2. The van der Waals surface area contributed by atoms with Crippen LogP contribution in [0.15, 0.2) is 10.9 Å². The summed E-state index contributed by atoms with van der Waals surface area (Å²) in [5, 5.41) is 8.20. The van der Waals surface area contributed by atoms with Crippen LogP contribution in [-0.2, 0) is 0 Å². The van der Waals surface area contributed by atoms with Crippen LogP contribution < -0.4 is 11.1 Å². The summed E-state index contributed by atoms with van der Waals surface area (Å²) in [4.78, 5) is 8.35. The van der Waals surface area contributed by atoms with Crippen LogP contribution in [0.2, 0.25) is 0 Å². The Morgan fingerprint density at radius 2 is 2.17 bits per heavy atom. The maximum atomic E-state index is 6.14. The average molecular weight is 247 g/mol. The van der Waals surface area contributed by atoms with Gasteiger partial charge in [-0.1, -0.05) is 18.0 Å². The van der Waals surface area contributed by atoms with Crippen LogP contribution in [0.3, 0.4) is 0 Å². The van der Waals surface area contributed by atoms with Crippen molar-refractivity contribution < 1.29 is 4.52 Å². The van der Waals surface area contributed by atoms with Gasteiger partial charge in [0.05, 0.1) is 5.69 Å². The molecule has 2 unspecified atom stereocenters. The highest BCUT2D eigenvalue weighted by molar-refractivity contribution is 5.87. The van der Waals surface area contributed by atoms with E-state index in [1.165, 1.54) is 19.2 Å². The summed E-state index contributed by atoms with van der Waals surface area (Å²) in [5.41, 5.74) is 7.47. The highest BCUT2D eigenvalue weighted by Gasteiger charge is 2.23. The average Bonchev–Trinajstić information content (AvgIpc) is 2.75. The van der Waals surface area contributed by atoms with Crippen LogP contribution in [0.5, 0.6) is 0 Å². The van der Waals surface area contributed by atoms with Gasteiger partial charge in [-0.25, -0.2) is 4.98 Å². The SMILES string of the molecule is Cc1noc2ncnc(NC3CCCCC3N)c12. The zero-order chi connectivity index (χ0) is 12.5. The number of nitrogens with two attached hydrogens (primary N) is 1. The summed E-state index contributed by atoms with van der Waals surface area (Å²) >= 11 is 0. The lowest BCUT2D eigenvalue weighted by atomic mass is 9.91. The maximum Gasteiger partial charge on any atom is 0.263 e. The predicted molar refractivity (Wildman–Crippen MR) is 68.2 cm³/mol. The van der Waals surface area contributed by atoms with E-state index in [9.17, 15) is 0 Å². The second kappa shape index (κ2) is 4.53. The summed E-state index contributed by atoms with van der Waals surface area (Å²) in [5.74, 6) is 0.779. The Morgan fingerprint density at radius 3 is 3.00 bits per heavy atom. The Morgan fingerprint density at radius 1 is 1.33 bits per heavy atom. The van der Waals surface area contributed by atoms with E-state index in [1.54, 1.807) is 0 Å². The minimum atomic E-state index is 0.184. The van der Waals surface area contributed by atoms with Gasteiger partial charge < -0.3 is 15.6 Å². The van der Waals surface area contributed by atoms with E-state index < -0.39 is 0 Å². The first-order valence-electron chi connectivity index (χ1n) is 6.35. The quantitative estimate of drug-likeness (QED) is 0.838. The summed E-state index contributed by atoms with van der Waals surface area (Å²) in [6.45, 7) is 1.89. The lowest BCUT2D eigenvalue weighted by Crippen LogP contribution is -2.42. The predicted octanol–water partition coefficient (Wildman–Crippen LogP) is 1.61. The van der Waals surface area contributed by atoms with Gasteiger partial charge in [-0.15, -0.1) is 0 Å². The highest BCUT2D eigenvalue weighted by atomic mass is 16.5. The smallest absolute Gasteiger partial charge is 0.263 e. The number of aromatic nitrogens is 3. The molecule has 0 aliphatic heterocycles. The fraction of sp³-hybridized carbons (Fsp3) is 0.583. The van der Waals surface area contributed by atoms with Gasteiger partial charge in [-0.2, -0.15) is 4.98 Å². The Balaban J connectivity index is 1.92. The monoisotopic (exact) mass is 247 g/mol. The molecule has 1 aliphatic rings. The van der Waals surface area contributed by atoms with Crippen molar-refractivity contribution in [3.63, 3.8) is 0 Å². The topological polar surface area (TPSA) is 89.9 Å². The first-order chi connectivity index (χ1) is 8.75. The highest BCUT2D eigenvalue weighted by Crippen LogP contribution is 2.26. The molecule has 18 heavy (non-hydrogen) atoms. The summed E-state index contributed by atoms with van der Waals surface area (Å²) in [6.07, 6.45) is 6.06. The van der Waals surface area contributed by atoms with Crippen molar-refractivity contribution in [3.8, 4) is 0 Å². The van der Waals surface area contributed by atoms with E-state index in [0.717, 1.165) is 29.7 Å². The van der Waals surface area contributed by atoms with Gasteiger partial charge in [0.2, 0.25) is 0 Å². The van der Waals surface area contributed by atoms with Gasteiger partial charge in [0.15, 0.2) is 0 Å². The number of anilines is 1. The molecule has 1 aliphatic carbocycles. The van der Waals surface area contributed by atoms with E-state index >= 15 is 0 Å². The van der Waals surface area contributed by atoms with Crippen LogP contribution in [0.4, 0.5) is 5.82 Å². The molecule has 3 rings (SSSR count). The Labute approximate surface area is 105 Å². The molecule has 6 heteroatoms. The molecule has 96 valence electrons. The first-order valence-corrected chi connectivity index (χ1v) is 6.35. The molecule has 2 heterocycles. The second-order valence-electron chi connectivity index (χ2n) is 4.87.